The first-order valence-electron chi connectivity index (χ1n) is 7.80. The molecule has 1 heterocycles. The molecule has 24 heavy (non-hydrogen) atoms. The third kappa shape index (κ3) is 2.95. The molecule has 5 nitrogen and oxygen atoms in total. The fourth-order valence-corrected chi connectivity index (χ4v) is 4.55. The molecule has 1 aliphatic rings. The molecule has 2 aromatic carbocycles. The van der Waals surface area contributed by atoms with Crippen molar-refractivity contribution in [2.45, 2.75) is 30.8 Å². The SMILES string of the molecule is CNC(=O)[C@H]1Cc2ccccc2CN1S(=O)(=O)c1ccc(C)cc1. The van der Waals surface area contributed by atoms with E-state index in [2.05, 4.69) is 5.32 Å². The van der Waals surface area contributed by atoms with Crippen molar-refractivity contribution in [3.05, 3.63) is 65.2 Å². The van der Waals surface area contributed by atoms with Crippen LogP contribution in [-0.2, 0) is 27.8 Å². The number of fused-ring (bicyclic) bond motifs is 1. The Morgan fingerprint density at radius 1 is 1.08 bits per heavy atom. The molecule has 0 saturated heterocycles. The molecule has 3 rings (SSSR count). The van der Waals surface area contributed by atoms with Gasteiger partial charge >= 0.3 is 0 Å². The van der Waals surface area contributed by atoms with Gasteiger partial charge < -0.3 is 5.32 Å². The second-order valence-electron chi connectivity index (χ2n) is 5.97. The second kappa shape index (κ2) is 6.37. The first-order chi connectivity index (χ1) is 11.4. The lowest BCUT2D eigenvalue weighted by Crippen LogP contribution is -2.51. The average molecular weight is 344 g/mol. The summed E-state index contributed by atoms with van der Waals surface area (Å²) in [5.74, 6) is -0.291. The second-order valence-corrected chi connectivity index (χ2v) is 7.86. The maximum atomic E-state index is 13.1. The Hall–Kier alpha value is -2.18. The van der Waals surface area contributed by atoms with Gasteiger partial charge in [0, 0.05) is 13.6 Å². The third-order valence-electron chi connectivity index (χ3n) is 4.38. The van der Waals surface area contributed by atoms with Crippen LogP contribution in [0, 0.1) is 6.92 Å². The third-order valence-corrected chi connectivity index (χ3v) is 6.25. The minimum atomic E-state index is -3.75. The molecule has 0 spiro atoms. The number of benzene rings is 2. The van der Waals surface area contributed by atoms with Gasteiger partial charge in [0.05, 0.1) is 4.90 Å². The first kappa shape index (κ1) is 16.7. The minimum absolute atomic E-state index is 0.199. The summed E-state index contributed by atoms with van der Waals surface area (Å²) in [5.41, 5.74) is 2.94. The van der Waals surface area contributed by atoms with Gasteiger partial charge in [0.15, 0.2) is 0 Å². The Balaban J connectivity index is 2.05. The van der Waals surface area contributed by atoms with Crippen molar-refractivity contribution in [2.24, 2.45) is 0 Å². The first-order valence-corrected chi connectivity index (χ1v) is 9.24. The van der Waals surface area contributed by atoms with Crippen LogP contribution in [0.1, 0.15) is 16.7 Å². The number of hydrogen-bond donors (Lipinski definition) is 1. The fourth-order valence-electron chi connectivity index (χ4n) is 2.99. The topological polar surface area (TPSA) is 66.5 Å². The van der Waals surface area contributed by atoms with Crippen LogP contribution in [0.3, 0.4) is 0 Å². The van der Waals surface area contributed by atoms with Crippen molar-refractivity contribution in [1.82, 2.24) is 9.62 Å². The smallest absolute Gasteiger partial charge is 0.244 e. The lowest BCUT2D eigenvalue weighted by Gasteiger charge is -2.34. The molecule has 0 saturated carbocycles. The van der Waals surface area contributed by atoms with E-state index in [1.807, 2.05) is 31.2 Å². The van der Waals surface area contributed by atoms with Crippen molar-refractivity contribution in [3.63, 3.8) is 0 Å². The molecule has 0 aromatic heterocycles. The zero-order chi connectivity index (χ0) is 17.3. The Bertz CT molecular complexity index is 860. The highest BCUT2D eigenvalue weighted by Gasteiger charge is 2.39. The van der Waals surface area contributed by atoms with Gasteiger partial charge in [-0.25, -0.2) is 8.42 Å². The average Bonchev–Trinajstić information content (AvgIpc) is 2.60. The highest BCUT2D eigenvalue weighted by atomic mass is 32.2. The normalized spacial score (nSPS) is 18.0. The van der Waals surface area contributed by atoms with Crippen LogP contribution in [0.25, 0.3) is 0 Å². The van der Waals surface area contributed by atoms with Crippen LogP contribution in [0.2, 0.25) is 0 Å². The summed E-state index contributed by atoms with van der Waals surface area (Å²) in [6.45, 7) is 2.10. The van der Waals surface area contributed by atoms with Gasteiger partial charge in [-0.15, -0.1) is 0 Å². The molecule has 126 valence electrons. The molecule has 0 unspecified atom stereocenters. The number of hydrogen-bond acceptors (Lipinski definition) is 3. The van der Waals surface area contributed by atoms with E-state index < -0.39 is 16.1 Å². The van der Waals surface area contributed by atoms with Crippen LogP contribution in [0.15, 0.2) is 53.4 Å². The number of likely N-dealkylation sites (N-methyl/N-ethyl adjacent to an activating group) is 1. The molecule has 6 heteroatoms. The van der Waals surface area contributed by atoms with E-state index in [0.717, 1.165) is 16.7 Å². The molecular weight excluding hydrogens is 324 g/mol. The van der Waals surface area contributed by atoms with Gasteiger partial charge in [0.1, 0.15) is 6.04 Å². The van der Waals surface area contributed by atoms with E-state index in [4.69, 9.17) is 0 Å². The van der Waals surface area contributed by atoms with E-state index >= 15 is 0 Å². The number of carbonyl (C=O) groups is 1. The standard InChI is InChI=1S/C18H20N2O3S/c1-13-7-9-16(10-8-13)24(22,23)20-12-15-6-4-3-5-14(15)11-17(20)18(21)19-2/h3-10,17H,11-12H2,1-2H3,(H,19,21)/t17-/m1/s1. The maximum Gasteiger partial charge on any atom is 0.244 e. The fraction of sp³-hybridized carbons (Fsp3) is 0.278. The number of nitrogens with zero attached hydrogens (tertiary/aromatic N) is 1. The van der Waals surface area contributed by atoms with E-state index in [-0.39, 0.29) is 17.3 Å². The molecule has 0 bridgehead atoms. The molecule has 2 aromatic rings. The summed E-state index contributed by atoms with van der Waals surface area (Å²) in [6.07, 6.45) is 0.376. The molecule has 0 fully saturated rings. The summed E-state index contributed by atoms with van der Waals surface area (Å²) in [4.78, 5) is 12.5. The van der Waals surface area contributed by atoms with Crippen LogP contribution < -0.4 is 5.32 Å². The molecular formula is C18H20N2O3S. The Morgan fingerprint density at radius 3 is 2.33 bits per heavy atom. The van der Waals surface area contributed by atoms with E-state index in [1.165, 1.54) is 11.4 Å². The lowest BCUT2D eigenvalue weighted by atomic mass is 9.95. The summed E-state index contributed by atoms with van der Waals surface area (Å²) in [6, 6.07) is 13.6. The van der Waals surface area contributed by atoms with E-state index in [1.54, 1.807) is 24.3 Å². The monoisotopic (exact) mass is 344 g/mol. The predicted molar refractivity (Wildman–Crippen MR) is 91.9 cm³/mol. The van der Waals surface area contributed by atoms with Gasteiger partial charge in [-0.05, 0) is 36.6 Å². The van der Waals surface area contributed by atoms with Crippen molar-refractivity contribution in [2.75, 3.05) is 7.05 Å². The van der Waals surface area contributed by atoms with Gasteiger partial charge in [0.2, 0.25) is 15.9 Å². The van der Waals surface area contributed by atoms with Crippen LogP contribution in [-0.4, -0.2) is 31.7 Å². The summed E-state index contributed by atoms with van der Waals surface area (Å²) in [5, 5.41) is 2.58. The number of aryl methyl sites for hydroxylation is 1. The molecule has 0 aliphatic carbocycles. The highest BCUT2D eigenvalue weighted by molar-refractivity contribution is 7.89. The van der Waals surface area contributed by atoms with Crippen molar-refractivity contribution >= 4 is 15.9 Å². The number of nitrogens with one attached hydrogen (secondary N) is 1. The quantitative estimate of drug-likeness (QED) is 0.924. The number of amides is 1. The Kier molecular flexibility index (Phi) is 4.43. The highest BCUT2D eigenvalue weighted by Crippen LogP contribution is 2.29. The van der Waals surface area contributed by atoms with Crippen molar-refractivity contribution < 1.29 is 13.2 Å². The van der Waals surface area contributed by atoms with Crippen LogP contribution in [0.4, 0.5) is 0 Å². The zero-order valence-electron chi connectivity index (χ0n) is 13.7. The zero-order valence-corrected chi connectivity index (χ0v) is 14.5. The van der Waals surface area contributed by atoms with E-state index in [0.29, 0.717) is 6.42 Å². The van der Waals surface area contributed by atoms with Gasteiger partial charge in [0.25, 0.3) is 0 Å². The minimum Gasteiger partial charge on any atom is -0.358 e. The maximum absolute atomic E-state index is 13.1. The lowest BCUT2D eigenvalue weighted by molar-refractivity contribution is -0.124. The molecule has 1 N–H and O–H groups in total. The number of carbonyl (C=O) groups excluding carboxylic acids is 1. The number of rotatable bonds is 3. The largest absolute Gasteiger partial charge is 0.358 e. The number of sulfonamides is 1. The van der Waals surface area contributed by atoms with E-state index in [9.17, 15) is 13.2 Å². The van der Waals surface area contributed by atoms with Gasteiger partial charge in [-0.3, -0.25) is 4.79 Å². The van der Waals surface area contributed by atoms with Crippen molar-refractivity contribution in [3.8, 4) is 0 Å². The Labute approximate surface area is 142 Å². The Morgan fingerprint density at radius 2 is 1.71 bits per heavy atom. The molecule has 1 aliphatic heterocycles. The van der Waals surface area contributed by atoms with Crippen LogP contribution >= 0.6 is 0 Å². The summed E-state index contributed by atoms with van der Waals surface area (Å²) < 4.78 is 27.5. The van der Waals surface area contributed by atoms with Crippen LogP contribution in [0.5, 0.6) is 0 Å². The van der Waals surface area contributed by atoms with Gasteiger partial charge in [-0.1, -0.05) is 42.0 Å². The molecule has 0 radical (unpaired) electrons. The van der Waals surface area contributed by atoms with Crippen molar-refractivity contribution in [1.29, 1.82) is 0 Å². The predicted octanol–water partition coefficient (Wildman–Crippen LogP) is 1.86. The molecule has 1 atom stereocenters. The van der Waals surface area contributed by atoms with Gasteiger partial charge in [-0.2, -0.15) is 4.31 Å². The molecule has 1 amide bonds. The summed E-state index contributed by atoms with van der Waals surface area (Å²) in [7, 11) is -2.23. The summed E-state index contributed by atoms with van der Waals surface area (Å²) >= 11 is 0.